The van der Waals surface area contributed by atoms with E-state index in [1.807, 2.05) is 12.1 Å². The van der Waals surface area contributed by atoms with Crippen LogP contribution in [0.25, 0.3) is 11.0 Å². The van der Waals surface area contributed by atoms with Crippen LogP contribution >= 0.6 is 15.9 Å². The van der Waals surface area contributed by atoms with Crippen LogP contribution in [0.2, 0.25) is 0 Å². The van der Waals surface area contributed by atoms with E-state index < -0.39 is 0 Å². The average molecular weight is 308 g/mol. The van der Waals surface area contributed by atoms with Crippen molar-refractivity contribution in [2.24, 2.45) is 0 Å². The van der Waals surface area contributed by atoms with Crippen LogP contribution in [0.4, 0.5) is 5.69 Å². The summed E-state index contributed by atoms with van der Waals surface area (Å²) in [5.41, 5.74) is 1.37. The van der Waals surface area contributed by atoms with Crippen LogP contribution < -0.4 is 10.5 Å². The third-order valence-electron chi connectivity index (χ3n) is 3.34. The molecule has 0 amide bonds. The maximum absolute atomic E-state index is 12.1. The molecule has 1 saturated heterocycles. The van der Waals surface area contributed by atoms with Crippen molar-refractivity contribution in [1.29, 1.82) is 0 Å². The zero-order valence-electron chi connectivity index (χ0n) is 9.95. The van der Waals surface area contributed by atoms with E-state index in [0.29, 0.717) is 5.65 Å². The lowest BCUT2D eigenvalue weighted by molar-refractivity contribution is 0.576. The number of rotatable bonds is 1. The molecule has 94 valence electrons. The van der Waals surface area contributed by atoms with Crippen molar-refractivity contribution in [1.82, 2.24) is 9.97 Å². The van der Waals surface area contributed by atoms with Crippen LogP contribution in [-0.4, -0.2) is 23.1 Å². The Kier molecular flexibility index (Phi) is 3.07. The predicted molar refractivity (Wildman–Crippen MR) is 76.1 cm³/mol. The molecular weight excluding hydrogens is 294 g/mol. The zero-order valence-corrected chi connectivity index (χ0v) is 11.5. The Morgan fingerprint density at radius 2 is 2.00 bits per heavy atom. The number of hydrogen-bond donors (Lipinski definition) is 1. The lowest BCUT2D eigenvalue weighted by Gasteiger charge is -2.28. The number of aromatic nitrogens is 2. The molecule has 0 atom stereocenters. The smallest absolute Gasteiger partial charge is 0.273 e. The highest BCUT2D eigenvalue weighted by molar-refractivity contribution is 9.10. The fourth-order valence-electron chi connectivity index (χ4n) is 2.42. The number of piperidine rings is 1. The second kappa shape index (κ2) is 4.72. The van der Waals surface area contributed by atoms with Crippen LogP contribution in [0.3, 0.4) is 0 Å². The van der Waals surface area contributed by atoms with Crippen LogP contribution in [0.1, 0.15) is 19.3 Å². The first-order valence-electron chi connectivity index (χ1n) is 6.17. The van der Waals surface area contributed by atoms with Crippen molar-refractivity contribution in [3.8, 4) is 0 Å². The van der Waals surface area contributed by atoms with Gasteiger partial charge in [-0.3, -0.25) is 4.79 Å². The highest BCUT2D eigenvalue weighted by atomic mass is 79.9. The van der Waals surface area contributed by atoms with Gasteiger partial charge in [0.05, 0.1) is 0 Å². The fraction of sp³-hybridized carbons (Fsp3) is 0.385. The molecule has 3 rings (SSSR count). The molecule has 18 heavy (non-hydrogen) atoms. The van der Waals surface area contributed by atoms with Gasteiger partial charge in [-0.05, 0) is 47.3 Å². The van der Waals surface area contributed by atoms with E-state index in [0.717, 1.165) is 41.5 Å². The topological polar surface area (TPSA) is 49.0 Å². The summed E-state index contributed by atoms with van der Waals surface area (Å²) in [7, 11) is 0. The van der Waals surface area contributed by atoms with Gasteiger partial charge in [-0.15, -0.1) is 0 Å². The average Bonchev–Trinajstić information content (AvgIpc) is 2.39. The van der Waals surface area contributed by atoms with E-state index in [1.165, 1.54) is 6.42 Å². The molecule has 0 saturated carbocycles. The first-order chi connectivity index (χ1) is 8.74. The Bertz CT molecular complexity index is 632. The van der Waals surface area contributed by atoms with Gasteiger partial charge in [-0.2, -0.15) is 0 Å². The molecule has 1 aliphatic rings. The van der Waals surface area contributed by atoms with Gasteiger partial charge in [0.1, 0.15) is 11.3 Å². The second-order valence-electron chi connectivity index (χ2n) is 4.62. The SMILES string of the molecule is O=c1[nH]c2ncc(Br)cc2cc1N1CCCCC1. The predicted octanol–water partition coefficient (Wildman–Crippen LogP) is 2.68. The van der Waals surface area contributed by atoms with Crippen LogP contribution in [0, 0.1) is 0 Å². The van der Waals surface area contributed by atoms with Crippen LogP contribution in [-0.2, 0) is 0 Å². The quantitative estimate of drug-likeness (QED) is 0.881. The first-order valence-corrected chi connectivity index (χ1v) is 6.97. The van der Waals surface area contributed by atoms with Crippen molar-refractivity contribution >= 4 is 32.7 Å². The number of anilines is 1. The maximum atomic E-state index is 12.1. The molecule has 1 N–H and O–H groups in total. The summed E-state index contributed by atoms with van der Waals surface area (Å²) < 4.78 is 0.923. The molecule has 0 unspecified atom stereocenters. The summed E-state index contributed by atoms with van der Waals surface area (Å²) in [5.74, 6) is 0. The van der Waals surface area contributed by atoms with E-state index in [9.17, 15) is 4.79 Å². The molecule has 3 heterocycles. The van der Waals surface area contributed by atoms with Crippen molar-refractivity contribution in [3.63, 3.8) is 0 Å². The molecule has 0 radical (unpaired) electrons. The monoisotopic (exact) mass is 307 g/mol. The number of H-pyrrole nitrogens is 1. The molecule has 5 heteroatoms. The van der Waals surface area contributed by atoms with Gasteiger partial charge >= 0.3 is 0 Å². The van der Waals surface area contributed by atoms with Gasteiger partial charge < -0.3 is 9.88 Å². The molecule has 1 fully saturated rings. The summed E-state index contributed by atoms with van der Waals surface area (Å²) >= 11 is 3.40. The standard InChI is InChI=1S/C13H14BrN3O/c14-10-6-9-7-11(17-4-2-1-3-5-17)13(18)16-12(9)15-8-10/h6-8H,1-5H2,(H,15,16,18). The van der Waals surface area contributed by atoms with Gasteiger partial charge in [0.15, 0.2) is 0 Å². The molecule has 1 aliphatic heterocycles. The van der Waals surface area contributed by atoms with E-state index in [1.54, 1.807) is 6.20 Å². The molecule has 2 aromatic heterocycles. The highest BCUT2D eigenvalue weighted by Crippen LogP contribution is 2.21. The number of pyridine rings is 2. The normalized spacial score (nSPS) is 16.2. The van der Waals surface area contributed by atoms with E-state index >= 15 is 0 Å². The van der Waals surface area contributed by atoms with Crippen molar-refractivity contribution < 1.29 is 0 Å². The minimum Gasteiger partial charge on any atom is -0.367 e. The molecule has 0 aliphatic carbocycles. The summed E-state index contributed by atoms with van der Waals surface area (Å²) in [4.78, 5) is 21.3. The summed E-state index contributed by atoms with van der Waals surface area (Å²) in [6.07, 6.45) is 5.27. The van der Waals surface area contributed by atoms with E-state index in [4.69, 9.17) is 0 Å². The van der Waals surface area contributed by atoms with Crippen molar-refractivity contribution in [3.05, 3.63) is 33.2 Å². The highest BCUT2D eigenvalue weighted by Gasteiger charge is 2.14. The van der Waals surface area contributed by atoms with Crippen LogP contribution in [0.15, 0.2) is 27.6 Å². The Morgan fingerprint density at radius 1 is 1.22 bits per heavy atom. The number of nitrogens with zero attached hydrogens (tertiary/aromatic N) is 2. The Hall–Kier alpha value is -1.36. The molecular formula is C13H14BrN3O. The van der Waals surface area contributed by atoms with Gasteiger partial charge in [-0.25, -0.2) is 4.98 Å². The van der Waals surface area contributed by atoms with Crippen molar-refractivity contribution in [2.75, 3.05) is 18.0 Å². The zero-order chi connectivity index (χ0) is 12.5. The Labute approximate surface area is 113 Å². The minimum absolute atomic E-state index is 0.0424. The number of nitrogens with one attached hydrogen (secondary N) is 1. The third-order valence-corrected chi connectivity index (χ3v) is 3.77. The lowest BCUT2D eigenvalue weighted by Crippen LogP contribution is -2.33. The molecule has 2 aromatic rings. The largest absolute Gasteiger partial charge is 0.367 e. The minimum atomic E-state index is -0.0424. The van der Waals surface area contributed by atoms with Crippen molar-refractivity contribution in [2.45, 2.75) is 19.3 Å². The summed E-state index contributed by atoms with van der Waals surface area (Å²) in [6.45, 7) is 1.94. The molecule has 0 spiro atoms. The maximum Gasteiger partial charge on any atom is 0.273 e. The lowest BCUT2D eigenvalue weighted by atomic mass is 10.1. The number of halogens is 1. The molecule has 0 bridgehead atoms. The molecule has 0 aromatic carbocycles. The van der Waals surface area contributed by atoms with Gasteiger partial charge in [0.25, 0.3) is 5.56 Å². The number of fused-ring (bicyclic) bond motifs is 1. The van der Waals surface area contributed by atoms with Crippen LogP contribution in [0.5, 0.6) is 0 Å². The first kappa shape index (κ1) is 11.7. The van der Waals surface area contributed by atoms with E-state index in [-0.39, 0.29) is 5.56 Å². The summed E-state index contributed by atoms with van der Waals surface area (Å²) in [5, 5.41) is 0.963. The Balaban J connectivity index is 2.10. The second-order valence-corrected chi connectivity index (χ2v) is 5.54. The Morgan fingerprint density at radius 3 is 2.78 bits per heavy atom. The van der Waals surface area contributed by atoms with E-state index in [2.05, 4.69) is 30.8 Å². The van der Waals surface area contributed by atoms with Gasteiger partial charge in [0, 0.05) is 29.1 Å². The number of aromatic amines is 1. The fourth-order valence-corrected chi connectivity index (χ4v) is 2.77. The third kappa shape index (κ3) is 2.14. The molecule has 4 nitrogen and oxygen atoms in total. The summed E-state index contributed by atoms with van der Waals surface area (Å²) in [6, 6.07) is 3.92. The van der Waals surface area contributed by atoms with Gasteiger partial charge in [0.2, 0.25) is 0 Å². The van der Waals surface area contributed by atoms with Gasteiger partial charge in [-0.1, -0.05) is 0 Å². The number of hydrogen-bond acceptors (Lipinski definition) is 3.